The Balaban J connectivity index is 1.61. The monoisotopic (exact) mass is 438 g/mol. The second kappa shape index (κ2) is 10.3. The molecule has 0 spiro atoms. The normalized spacial score (nSPS) is 15.5. The number of nitrogens with zero attached hydrogens (tertiary/aromatic N) is 3. The molecule has 1 aliphatic heterocycles. The molecule has 2 aromatic rings. The Hall–Kier alpha value is -3.42. The Bertz CT molecular complexity index is 1010. The van der Waals surface area contributed by atoms with E-state index in [4.69, 9.17) is 0 Å². The number of nitrogens with one attached hydrogen (secondary N) is 1. The standard InChI is InChI=1S/C24H30N4O4/c1-4-26(20-9-6-5-8-17(20)2)15-13-25-23(29)22-10-7-14-27(22)24(30)19-11-12-21(28(31)32)18(3)16-19/h5-6,8-9,11-12,16,22H,4,7,10,13-15H2,1-3H3,(H,25,29). The fraction of sp³-hybridized carbons (Fsp3) is 0.417. The molecule has 8 heteroatoms. The van der Waals surface area contributed by atoms with Crippen LogP contribution < -0.4 is 10.2 Å². The molecule has 1 aliphatic rings. The summed E-state index contributed by atoms with van der Waals surface area (Å²) in [6.07, 6.45) is 1.36. The molecule has 1 fully saturated rings. The second-order valence-electron chi connectivity index (χ2n) is 8.07. The van der Waals surface area contributed by atoms with Crippen LogP contribution in [0.15, 0.2) is 42.5 Å². The third-order valence-corrected chi connectivity index (χ3v) is 5.98. The number of hydrogen-bond donors (Lipinski definition) is 1. The van der Waals surface area contributed by atoms with Gasteiger partial charge >= 0.3 is 0 Å². The molecule has 2 aromatic carbocycles. The number of rotatable bonds is 8. The number of carbonyl (C=O) groups is 2. The Kier molecular flexibility index (Phi) is 7.45. The molecular weight excluding hydrogens is 408 g/mol. The first kappa shape index (κ1) is 23.2. The molecule has 1 saturated heterocycles. The largest absolute Gasteiger partial charge is 0.370 e. The molecule has 1 N–H and O–H groups in total. The maximum absolute atomic E-state index is 13.0. The fourth-order valence-electron chi connectivity index (χ4n) is 4.24. The van der Waals surface area contributed by atoms with Gasteiger partial charge in [0.1, 0.15) is 6.04 Å². The van der Waals surface area contributed by atoms with Gasteiger partial charge in [-0.3, -0.25) is 19.7 Å². The lowest BCUT2D eigenvalue weighted by Crippen LogP contribution is -2.47. The number of likely N-dealkylation sites (tertiary alicyclic amines) is 1. The van der Waals surface area contributed by atoms with Crippen LogP contribution in [0.3, 0.4) is 0 Å². The number of aryl methyl sites for hydroxylation is 2. The summed E-state index contributed by atoms with van der Waals surface area (Å²) in [5.74, 6) is -0.425. The number of para-hydroxylation sites is 1. The van der Waals surface area contributed by atoms with Crippen LogP contribution in [0.1, 0.15) is 41.3 Å². The van der Waals surface area contributed by atoms with Crippen LogP contribution in [0.5, 0.6) is 0 Å². The van der Waals surface area contributed by atoms with Gasteiger partial charge < -0.3 is 15.1 Å². The van der Waals surface area contributed by atoms with Gasteiger partial charge in [-0.15, -0.1) is 0 Å². The number of carbonyl (C=O) groups excluding carboxylic acids is 2. The van der Waals surface area contributed by atoms with Crippen LogP contribution in [0, 0.1) is 24.0 Å². The van der Waals surface area contributed by atoms with Crippen LogP contribution >= 0.6 is 0 Å². The summed E-state index contributed by atoms with van der Waals surface area (Å²) in [5, 5.41) is 14.0. The van der Waals surface area contributed by atoms with Gasteiger partial charge in [-0.25, -0.2) is 0 Å². The smallest absolute Gasteiger partial charge is 0.272 e. The number of likely N-dealkylation sites (N-methyl/N-ethyl adjacent to an activating group) is 1. The van der Waals surface area contributed by atoms with E-state index >= 15 is 0 Å². The zero-order valence-electron chi connectivity index (χ0n) is 18.8. The van der Waals surface area contributed by atoms with Crippen molar-refractivity contribution in [2.75, 3.05) is 31.1 Å². The Morgan fingerprint density at radius 1 is 1.19 bits per heavy atom. The average molecular weight is 439 g/mol. The lowest BCUT2D eigenvalue weighted by molar-refractivity contribution is -0.385. The summed E-state index contributed by atoms with van der Waals surface area (Å²) in [6.45, 7) is 8.24. The molecule has 1 atom stereocenters. The summed E-state index contributed by atoms with van der Waals surface area (Å²) in [6, 6.07) is 12.0. The zero-order valence-corrected chi connectivity index (χ0v) is 18.8. The quantitative estimate of drug-likeness (QED) is 0.503. The molecule has 170 valence electrons. The van der Waals surface area contributed by atoms with Crippen LogP contribution in [0.25, 0.3) is 0 Å². The second-order valence-corrected chi connectivity index (χ2v) is 8.07. The lowest BCUT2D eigenvalue weighted by Gasteiger charge is -2.27. The van der Waals surface area contributed by atoms with Gasteiger partial charge in [0.05, 0.1) is 4.92 Å². The minimum absolute atomic E-state index is 0.0219. The van der Waals surface area contributed by atoms with Crippen molar-refractivity contribution < 1.29 is 14.5 Å². The zero-order chi connectivity index (χ0) is 23.3. The van der Waals surface area contributed by atoms with Gasteiger partial charge in [-0.2, -0.15) is 0 Å². The summed E-state index contributed by atoms with van der Waals surface area (Å²) in [7, 11) is 0. The highest BCUT2D eigenvalue weighted by Crippen LogP contribution is 2.24. The van der Waals surface area contributed by atoms with E-state index in [1.165, 1.54) is 23.8 Å². The summed E-state index contributed by atoms with van der Waals surface area (Å²) < 4.78 is 0. The maximum Gasteiger partial charge on any atom is 0.272 e. The van der Waals surface area contributed by atoms with Crippen molar-refractivity contribution >= 4 is 23.2 Å². The molecule has 0 aliphatic carbocycles. The first-order valence-electron chi connectivity index (χ1n) is 11.0. The summed E-state index contributed by atoms with van der Waals surface area (Å²) in [5.41, 5.74) is 3.11. The Morgan fingerprint density at radius 2 is 1.94 bits per heavy atom. The van der Waals surface area contributed by atoms with Gasteiger partial charge in [-0.1, -0.05) is 18.2 Å². The van der Waals surface area contributed by atoms with Crippen molar-refractivity contribution in [3.05, 3.63) is 69.3 Å². The molecule has 0 aromatic heterocycles. The van der Waals surface area contributed by atoms with Crippen molar-refractivity contribution in [3.8, 4) is 0 Å². The molecule has 8 nitrogen and oxygen atoms in total. The highest BCUT2D eigenvalue weighted by atomic mass is 16.6. The van der Waals surface area contributed by atoms with Crippen LogP contribution in [-0.2, 0) is 4.79 Å². The van der Waals surface area contributed by atoms with Gasteiger partial charge in [0.15, 0.2) is 0 Å². The molecule has 2 amide bonds. The Labute approximate surface area is 188 Å². The minimum atomic E-state index is -0.522. The van der Waals surface area contributed by atoms with Crippen molar-refractivity contribution in [2.24, 2.45) is 0 Å². The summed E-state index contributed by atoms with van der Waals surface area (Å²) >= 11 is 0. The van der Waals surface area contributed by atoms with E-state index in [1.807, 2.05) is 12.1 Å². The van der Waals surface area contributed by atoms with Gasteiger partial charge in [0.25, 0.3) is 11.6 Å². The predicted octanol–water partition coefficient (Wildman–Crippen LogP) is 3.46. The Morgan fingerprint density at radius 3 is 2.59 bits per heavy atom. The van der Waals surface area contributed by atoms with Crippen molar-refractivity contribution in [3.63, 3.8) is 0 Å². The molecule has 32 heavy (non-hydrogen) atoms. The van der Waals surface area contributed by atoms with Crippen LogP contribution in [0.2, 0.25) is 0 Å². The molecule has 3 rings (SSSR count). The van der Waals surface area contributed by atoms with E-state index in [-0.39, 0.29) is 17.5 Å². The van der Waals surface area contributed by atoms with Crippen molar-refractivity contribution in [2.45, 2.75) is 39.7 Å². The molecule has 0 radical (unpaired) electrons. The number of nitro benzene ring substituents is 1. The van der Waals surface area contributed by atoms with Crippen LogP contribution in [0.4, 0.5) is 11.4 Å². The average Bonchev–Trinajstić information content (AvgIpc) is 3.26. The van der Waals surface area contributed by atoms with E-state index in [2.05, 4.69) is 36.2 Å². The van der Waals surface area contributed by atoms with Crippen molar-refractivity contribution in [1.29, 1.82) is 0 Å². The fourth-order valence-corrected chi connectivity index (χ4v) is 4.24. The number of benzene rings is 2. The van der Waals surface area contributed by atoms with E-state index in [1.54, 1.807) is 11.8 Å². The van der Waals surface area contributed by atoms with E-state index in [9.17, 15) is 19.7 Å². The first-order chi connectivity index (χ1) is 15.3. The maximum atomic E-state index is 13.0. The summed E-state index contributed by atoms with van der Waals surface area (Å²) in [4.78, 5) is 40.2. The van der Waals surface area contributed by atoms with Gasteiger partial charge in [0, 0.05) is 49.1 Å². The molecular formula is C24H30N4O4. The third-order valence-electron chi connectivity index (χ3n) is 5.98. The van der Waals surface area contributed by atoms with Crippen LogP contribution in [-0.4, -0.2) is 53.9 Å². The van der Waals surface area contributed by atoms with E-state index < -0.39 is 11.0 Å². The number of hydrogen-bond acceptors (Lipinski definition) is 5. The SMILES string of the molecule is CCN(CCNC(=O)C1CCCN1C(=O)c1ccc([N+](=O)[O-])c(C)c1)c1ccccc1C. The number of nitro groups is 1. The van der Waals surface area contributed by atoms with Gasteiger partial charge in [-0.05, 0) is 57.4 Å². The third kappa shape index (κ3) is 5.07. The predicted molar refractivity (Wildman–Crippen MR) is 124 cm³/mol. The topological polar surface area (TPSA) is 95.8 Å². The van der Waals surface area contributed by atoms with Crippen molar-refractivity contribution in [1.82, 2.24) is 10.2 Å². The van der Waals surface area contributed by atoms with Gasteiger partial charge in [0.2, 0.25) is 5.91 Å². The number of amides is 2. The highest BCUT2D eigenvalue weighted by Gasteiger charge is 2.34. The number of anilines is 1. The minimum Gasteiger partial charge on any atom is -0.370 e. The lowest BCUT2D eigenvalue weighted by atomic mass is 10.1. The van der Waals surface area contributed by atoms with E-state index in [0.717, 1.165) is 18.7 Å². The highest BCUT2D eigenvalue weighted by molar-refractivity contribution is 5.98. The molecule has 1 unspecified atom stereocenters. The molecule has 0 bridgehead atoms. The molecule has 0 saturated carbocycles. The molecule has 1 heterocycles. The first-order valence-corrected chi connectivity index (χ1v) is 11.0. The van der Waals surface area contributed by atoms with E-state index in [0.29, 0.717) is 37.2 Å².